The van der Waals surface area contributed by atoms with Gasteiger partial charge in [-0.3, -0.25) is 9.69 Å². The highest BCUT2D eigenvalue weighted by molar-refractivity contribution is 5.93. The van der Waals surface area contributed by atoms with E-state index in [0.29, 0.717) is 17.9 Å². The second-order valence-corrected chi connectivity index (χ2v) is 4.59. The number of hydrogen-bond acceptors (Lipinski definition) is 4. The normalized spacial score (nSPS) is 14.8. The third-order valence-corrected chi connectivity index (χ3v) is 3.20. The molecule has 3 N–H and O–H groups in total. The van der Waals surface area contributed by atoms with Gasteiger partial charge in [-0.2, -0.15) is 0 Å². The topological polar surface area (TPSA) is 71.2 Å². The van der Waals surface area contributed by atoms with Crippen LogP contribution in [0.1, 0.15) is 30.1 Å². The van der Waals surface area contributed by atoms with E-state index in [1.54, 1.807) is 12.1 Å². The molecule has 0 spiro atoms. The van der Waals surface area contributed by atoms with Crippen molar-refractivity contribution in [1.82, 2.24) is 15.2 Å². The first-order chi connectivity index (χ1) is 8.70. The van der Waals surface area contributed by atoms with Crippen LogP contribution < -0.4 is 11.1 Å². The molecule has 0 aromatic carbocycles. The summed E-state index contributed by atoms with van der Waals surface area (Å²) in [4.78, 5) is 18.1. The molecule has 1 saturated carbocycles. The van der Waals surface area contributed by atoms with E-state index < -0.39 is 0 Å². The minimum absolute atomic E-state index is 0.0886. The van der Waals surface area contributed by atoms with Crippen molar-refractivity contribution in [2.75, 3.05) is 25.4 Å². The number of amides is 1. The summed E-state index contributed by atoms with van der Waals surface area (Å²) >= 11 is 0. The number of pyridine rings is 1. The van der Waals surface area contributed by atoms with Crippen LogP contribution in [0.5, 0.6) is 0 Å². The van der Waals surface area contributed by atoms with Crippen LogP contribution in [0.15, 0.2) is 18.3 Å². The molecule has 2 rings (SSSR count). The summed E-state index contributed by atoms with van der Waals surface area (Å²) in [7, 11) is 0. The number of nitrogens with one attached hydrogen (secondary N) is 1. The Morgan fingerprint density at radius 2 is 2.33 bits per heavy atom. The van der Waals surface area contributed by atoms with E-state index in [0.717, 1.165) is 19.1 Å². The number of nitrogens with zero attached hydrogens (tertiary/aromatic N) is 2. The lowest BCUT2D eigenvalue weighted by atomic mass is 10.2. The molecular formula is C13H20N4O. The lowest BCUT2D eigenvalue weighted by molar-refractivity contribution is 0.0947. The van der Waals surface area contributed by atoms with Crippen LogP contribution in [0.2, 0.25) is 0 Å². The zero-order valence-corrected chi connectivity index (χ0v) is 10.7. The number of anilines is 1. The molecule has 1 amide bonds. The molecular weight excluding hydrogens is 228 g/mol. The molecule has 1 aromatic heterocycles. The molecule has 0 atom stereocenters. The first-order valence-electron chi connectivity index (χ1n) is 6.44. The smallest absolute Gasteiger partial charge is 0.252 e. The number of nitrogen functional groups attached to an aromatic ring is 1. The van der Waals surface area contributed by atoms with Gasteiger partial charge in [-0.1, -0.05) is 6.92 Å². The average molecular weight is 248 g/mol. The highest BCUT2D eigenvalue weighted by Gasteiger charge is 2.27. The summed E-state index contributed by atoms with van der Waals surface area (Å²) in [6, 6.07) is 4.07. The maximum atomic E-state index is 11.8. The maximum absolute atomic E-state index is 11.8. The Balaban J connectivity index is 1.75. The molecule has 1 aliphatic carbocycles. The lowest BCUT2D eigenvalue weighted by Gasteiger charge is -2.19. The molecule has 0 bridgehead atoms. The fourth-order valence-electron chi connectivity index (χ4n) is 1.99. The molecule has 5 heteroatoms. The van der Waals surface area contributed by atoms with Crippen molar-refractivity contribution >= 4 is 11.7 Å². The molecule has 0 unspecified atom stereocenters. The molecule has 1 fully saturated rings. The molecule has 1 aromatic rings. The number of rotatable bonds is 6. The monoisotopic (exact) mass is 248 g/mol. The van der Waals surface area contributed by atoms with E-state index >= 15 is 0 Å². The number of carbonyl (C=O) groups excluding carboxylic acids is 1. The Morgan fingerprint density at radius 3 is 2.89 bits per heavy atom. The predicted molar refractivity (Wildman–Crippen MR) is 71.3 cm³/mol. The van der Waals surface area contributed by atoms with Crippen molar-refractivity contribution in [3.8, 4) is 0 Å². The summed E-state index contributed by atoms with van der Waals surface area (Å²) in [5.74, 6) is 0.340. The Morgan fingerprint density at radius 1 is 1.56 bits per heavy atom. The Hall–Kier alpha value is -1.62. The summed E-state index contributed by atoms with van der Waals surface area (Å²) in [6.45, 7) is 4.79. The predicted octanol–water partition coefficient (Wildman–Crippen LogP) is 0.878. The highest BCUT2D eigenvalue weighted by atomic mass is 16.1. The van der Waals surface area contributed by atoms with Gasteiger partial charge in [0.25, 0.3) is 5.91 Å². The Bertz CT molecular complexity index is 400. The number of likely N-dealkylation sites (N-methyl/N-ethyl adjacent to an activating group) is 1. The summed E-state index contributed by atoms with van der Waals surface area (Å²) in [5, 5.41) is 2.90. The number of nitrogens with two attached hydrogens (primary N) is 1. The zero-order chi connectivity index (χ0) is 13.0. The molecule has 98 valence electrons. The van der Waals surface area contributed by atoms with Crippen LogP contribution >= 0.6 is 0 Å². The molecule has 18 heavy (non-hydrogen) atoms. The second-order valence-electron chi connectivity index (χ2n) is 4.59. The van der Waals surface area contributed by atoms with Gasteiger partial charge in [0, 0.05) is 25.3 Å². The van der Waals surface area contributed by atoms with Crippen molar-refractivity contribution in [3.05, 3.63) is 23.9 Å². The fourth-order valence-corrected chi connectivity index (χ4v) is 1.99. The van der Waals surface area contributed by atoms with Crippen LogP contribution in [0.4, 0.5) is 5.82 Å². The maximum Gasteiger partial charge on any atom is 0.252 e. The quantitative estimate of drug-likeness (QED) is 0.784. The average Bonchev–Trinajstić information content (AvgIpc) is 3.19. The molecule has 0 saturated heterocycles. The highest BCUT2D eigenvalue weighted by Crippen LogP contribution is 2.25. The Labute approximate surface area is 107 Å². The van der Waals surface area contributed by atoms with Crippen molar-refractivity contribution < 1.29 is 4.79 Å². The van der Waals surface area contributed by atoms with Crippen LogP contribution in [-0.4, -0.2) is 41.5 Å². The van der Waals surface area contributed by atoms with Crippen molar-refractivity contribution in [3.63, 3.8) is 0 Å². The van der Waals surface area contributed by atoms with E-state index in [4.69, 9.17) is 5.73 Å². The van der Waals surface area contributed by atoms with Crippen LogP contribution in [-0.2, 0) is 0 Å². The van der Waals surface area contributed by atoms with Gasteiger partial charge in [0.15, 0.2) is 0 Å². The molecule has 0 aliphatic heterocycles. The molecule has 1 heterocycles. The van der Waals surface area contributed by atoms with E-state index in [2.05, 4.69) is 22.1 Å². The van der Waals surface area contributed by atoms with Crippen LogP contribution in [0.25, 0.3) is 0 Å². The first kappa shape index (κ1) is 12.8. The van der Waals surface area contributed by atoms with Gasteiger partial charge in [0.1, 0.15) is 5.82 Å². The zero-order valence-electron chi connectivity index (χ0n) is 10.7. The minimum Gasteiger partial charge on any atom is -0.384 e. The van der Waals surface area contributed by atoms with Gasteiger partial charge in [-0.25, -0.2) is 4.98 Å². The first-order valence-corrected chi connectivity index (χ1v) is 6.44. The minimum atomic E-state index is -0.0886. The third-order valence-electron chi connectivity index (χ3n) is 3.20. The van der Waals surface area contributed by atoms with Crippen LogP contribution in [0.3, 0.4) is 0 Å². The van der Waals surface area contributed by atoms with Gasteiger partial charge >= 0.3 is 0 Å². The van der Waals surface area contributed by atoms with E-state index in [1.165, 1.54) is 19.0 Å². The van der Waals surface area contributed by atoms with Crippen molar-refractivity contribution in [2.45, 2.75) is 25.8 Å². The van der Waals surface area contributed by atoms with Crippen molar-refractivity contribution in [1.29, 1.82) is 0 Å². The van der Waals surface area contributed by atoms with Crippen LogP contribution in [0, 0.1) is 0 Å². The third kappa shape index (κ3) is 3.43. The molecule has 0 radical (unpaired) electrons. The SMILES string of the molecule is CCN(CCNC(=O)c1ccc(N)nc1)C1CC1. The van der Waals surface area contributed by atoms with E-state index in [-0.39, 0.29) is 5.91 Å². The summed E-state index contributed by atoms with van der Waals surface area (Å²) < 4.78 is 0. The largest absolute Gasteiger partial charge is 0.384 e. The molecule has 5 nitrogen and oxygen atoms in total. The number of carbonyl (C=O) groups is 1. The van der Waals surface area contributed by atoms with Gasteiger partial charge in [-0.15, -0.1) is 0 Å². The lowest BCUT2D eigenvalue weighted by Crippen LogP contribution is -2.36. The summed E-state index contributed by atoms with van der Waals surface area (Å²) in [6.07, 6.45) is 4.09. The van der Waals surface area contributed by atoms with Crippen molar-refractivity contribution in [2.24, 2.45) is 0 Å². The fraction of sp³-hybridized carbons (Fsp3) is 0.538. The van der Waals surface area contributed by atoms with Gasteiger partial charge in [0.05, 0.1) is 5.56 Å². The van der Waals surface area contributed by atoms with Gasteiger partial charge < -0.3 is 11.1 Å². The Kier molecular flexibility index (Phi) is 4.15. The summed E-state index contributed by atoms with van der Waals surface area (Å²) in [5.41, 5.74) is 6.03. The second kappa shape index (κ2) is 5.82. The standard InChI is InChI=1S/C13H20N4O/c1-2-17(11-4-5-11)8-7-15-13(18)10-3-6-12(14)16-9-10/h3,6,9,11H,2,4-5,7-8H2,1H3,(H2,14,16)(H,15,18). The molecule has 1 aliphatic rings. The van der Waals surface area contributed by atoms with Gasteiger partial charge in [-0.05, 0) is 31.5 Å². The van der Waals surface area contributed by atoms with Gasteiger partial charge in [0.2, 0.25) is 0 Å². The van der Waals surface area contributed by atoms with E-state index in [9.17, 15) is 4.79 Å². The number of hydrogen-bond donors (Lipinski definition) is 2. The number of aromatic nitrogens is 1. The van der Waals surface area contributed by atoms with E-state index in [1.807, 2.05) is 0 Å².